The van der Waals surface area contributed by atoms with Gasteiger partial charge in [-0.1, -0.05) is 0 Å². The molecule has 1 atom stereocenters. The molecule has 1 N–H and O–H groups in total. The smallest absolute Gasteiger partial charge is 0.320 e. The van der Waals surface area contributed by atoms with Crippen LogP contribution in [0.2, 0.25) is 0 Å². The van der Waals surface area contributed by atoms with E-state index in [-0.39, 0.29) is 24.5 Å². The van der Waals surface area contributed by atoms with Crippen molar-refractivity contribution in [3.8, 4) is 0 Å². The molecule has 0 aliphatic rings. The van der Waals surface area contributed by atoms with Gasteiger partial charge in [-0.15, -0.1) is 12.4 Å². The van der Waals surface area contributed by atoms with Crippen LogP contribution in [-0.2, 0) is 4.79 Å². The van der Waals surface area contributed by atoms with Crippen LogP contribution in [0.3, 0.4) is 0 Å². The number of carboxylic acid groups (broad SMARTS) is 1. The number of rotatable bonds is 3. The van der Waals surface area contributed by atoms with Gasteiger partial charge in [0.2, 0.25) is 0 Å². The summed E-state index contributed by atoms with van der Waals surface area (Å²) in [5.74, 6) is -0.767. The summed E-state index contributed by atoms with van der Waals surface area (Å²) in [5.41, 5.74) is 0. The van der Waals surface area contributed by atoms with Gasteiger partial charge in [-0.3, -0.25) is 9.69 Å². The van der Waals surface area contributed by atoms with Gasteiger partial charge in [0.05, 0.1) is 0 Å². The predicted molar refractivity (Wildman–Crippen MR) is 47.2 cm³/mol. The van der Waals surface area contributed by atoms with Crippen LogP contribution in [0.1, 0.15) is 20.8 Å². The molecule has 3 nitrogen and oxygen atoms in total. The fourth-order valence-electron chi connectivity index (χ4n) is 0.621. The summed E-state index contributed by atoms with van der Waals surface area (Å²) in [6.45, 7) is 5.63. The molecular formula is C7H16ClNO2. The molecule has 0 aromatic carbocycles. The van der Waals surface area contributed by atoms with Crippen LogP contribution in [0.25, 0.3) is 0 Å². The lowest BCUT2D eigenvalue weighted by molar-refractivity contribution is -0.142. The molecule has 1 unspecified atom stereocenters. The maximum Gasteiger partial charge on any atom is 0.320 e. The normalized spacial score (nSPS) is 12.9. The highest BCUT2D eigenvalue weighted by Crippen LogP contribution is 2.00. The molecule has 0 aromatic rings. The molecule has 11 heavy (non-hydrogen) atoms. The summed E-state index contributed by atoms with van der Waals surface area (Å²) < 4.78 is 0. The van der Waals surface area contributed by atoms with Crippen LogP contribution in [0, 0.1) is 0 Å². The minimum absolute atomic E-state index is 0. The Kier molecular flexibility index (Phi) is 6.52. The largest absolute Gasteiger partial charge is 0.480 e. The molecule has 0 saturated carbocycles. The van der Waals surface area contributed by atoms with Gasteiger partial charge in [-0.25, -0.2) is 0 Å². The van der Waals surface area contributed by atoms with Crippen molar-refractivity contribution in [1.29, 1.82) is 0 Å². The van der Waals surface area contributed by atoms with E-state index in [0.717, 1.165) is 0 Å². The molecular weight excluding hydrogens is 166 g/mol. The third-order valence-corrected chi connectivity index (χ3v) is 1.78. The quantitative estimate of drug-likeness (QED) is 0.712. The third-order valence-electron chi connectivity index (χ3n) is 1.78. The van der Waals surface area contributed by atoms with Gasteiger partial charge in [0, 0.05) is 6.04 Å². The minimum atomic E-state index is -0.767. The number of nitrogens with zero attached hydrogens (tertiary/aromatic N) is 1. The third kappa shape index (κ3) is 4.22. The van der Waals surface area contributed by atoms with Gasteiger partial charge < -0.3 is 5.11 Å². The number of carbonyl (C=O) groups is 1. The molecule has 0 aromatic heterocycles. The Hall–Kier alpha value is -0.280. The predicted octanol–water partition coefficient (Wildman–Crippen LogP) is 1.22. The van der Waals surface area contributed by atoms with Crippen molar-refractivity contribution in [3.05, 3.63) is 0 Å². The number of likely N-dealkylation sites (N-methyl/N-ethyl adjacent to an activating group) is 1. The van der Waals surface area contributed by atoms with Crippen molar-refractivity contribution >= 4 is 18.4 Å². The summed E-state index contributed by atoms with van der Waals surface area (Å²) in [6.07, 6.45) is 0. The second-order valence-corrected chi connectivity index (χ2v) is 2.77. The Labute approximate surface area is 73.8 Å². The van der Waals surface area contributed by atoms with Crippen molar-refractivity contribution in [2.45, 2.75) is 32.9 Å². The summed E-state index contributed by atoms with van der Waals surface area (Å²) >= 11 is 0. The second-order valence-electron chi connectivity index (χ2n) is 2.77. The topological polar surface area (TPSA) is 40.5 Å². The maximum atomic E-state index is 10.4. The first kappa shape index (κ1) is 13.3. The summed E-state index contributed by atoms with van der Waals surface area (Å²) in [4.78, 5) is 12.2. The Morgan fingerprint density at radius 3 is 1.82 bits per heavy atom. The van der Waals surface area contributed by atoms with Crippen LogP contribution in [0.4, 0.5) is 0 Å². The molecule has 0 aliphatic carbocycles. The maximum absolute atomic E-state index is 10.4. The molecule has 0 aliphatic heterocycles. The van der Waals surface area contributed by atoms with E-state index in [4.69, 9.17) is 5.11 Å². The van der Waals surface area contributed by atoms with Gasteiger partial charge in [0.1, 0.15) is 6.04 Å². The van der Waals surface area contributed by atoms with Gasteiger partial charge in [0.25, 0.3) is 0 Å². The first-order valence-electron chi connectivity index (χ1n) is 3.41. The average Bonchev–Trinajstić information content (AvgIpc) is 1.84. The number of hydrogen-bond donors (Lipinski definition) is 1. The van der Waals surface area contributed by atoms with E-state index < -0.39 is 5.97 Å². The van der Waals surface area contributed by atoms with E-state index in [1.165, 1.54) is 0 Å². The molecule has 0 amide bonds. The van der Waals surface area contributed by atoms with E-state index in [1.54, 1.807) is 6.92 Å². The highest BCUT2D eigenvalue weighted by Gasteiger charge is 2.18. The first-order chi connectivity index (χ1) is 4.46. The van der Waals surface area contributed by atoms with Crippen LogP contribution in [0.15, 0.2) is 0 Å². The lowest BCUT2D eigenvalue weighted by atomic mass is 10.2. The lowest BCUT2D eigenvalue weighted by Crippen LogP contribution is -2.40. The van der Waals surface area contributed by atoms with Crippen LogP contribution in [0.5, 0.6) is 0 Å². The molecule has 0 spiro atoms. The Morgan fingerprint density at radius 2 is 1.73 bits per heavy atom. The van der Waals surface area contributed by atoms with E-state index in [1.807, 2.05) is 25.8 Å². The van der Waals surface area contributed by atoms with Crippen molar-refractivity contribution in [3.63, 3.8) is 0 Å². The van der Waals surface area contributed by atoms with Gasteiger partial charge in [-0.2, -0.15) is 0 Å². The molecule has 0 saturated heterocycles. The van der Waals surface area contributed by atoms with Crippen LogP contribution < -0.4 is 0 Å². The highest BCUT2D eigenvalue weighted by molar-refractivity contribution is 5.85. The molecule has 0 fully saturated rings. The van der Waals surface area contributed by atoms with E-state index in [9.17, 15) is 4.79 Å². The minimum Gasteiger partial charge on any atom is -0.480 e. The number of carboxylic acids is 1. The van der Waals surface area contributed by atoms with Gasteiger partial charge >= 0.3 is 5.97 Å². The van der Waals surface area contributed by atoms with E-state index in [0.29, 0.717) is 0 Å². The molecule has 0 heterocycles. The van der Waals surface area contributed by atoms with Gasteiger partial charge in [-0.05, 0) is 27.8 Å². The summed E-state index contributed by atoms with van der Waals surface area (Å²) in [5, 5.41) is 8.56. The summed E-state index contributed by atoms with van der Waals surface area (Å²) in [6, 6.07) is -0.105. The molecule has 0 radical (unpaired) electrons. The second kappa shape index (κ2) is 5.38. The SMILES string of the molecule is CC(C)N(C)C(C)C(=O)O.Cl. The van der Waals surface area contributed by atoms with E-state index in [2.05, 4.69) is 0 Å². The van der Waals surface area contributed by atoms with Crippen molar-refractivity contribution in [2.24, 2.45) is 0 Å². The van der Waals surface area contributed by atoms with Crippen molar-refractivity contribution in [2.75, 3.05) is 7.05 Å². The fraction of sp³-hybridized carbons (Fsp3) is 0.857. The summed E-state index contributed by atoms with van der Waals surface area (Å²) in [7, 11) is 1.81. The zero-order valence-electron chi connectivity index (χ0n) is 7.37. The highest BCUT2D eigenvalue weighted by atomic mass is 35.5. The zero-order chi connectivity index (χ0) is 8.31. The van der Waals surface area contributed by atoms with Crippen molar-refractivity contribution < 1.29 is 9.90 Å². The van der Waals surface area contributed by atoms with Crippen LogP contribution >= 0.6 is 12.4 Å². The monoisotopic (exact) mass is 181 g/mol. The lowest BCUT2D eigenvalue weighted by Gasteiger charge is -2.24. The average molecular weight is 182 g/mol. The Morgan fingerprint density at radius 1 is 1.36 bits per heavy atom. The van der Waals surface area contributed by atoms with E-state index >= 15 is 0 Å². The number of halogens is 1. The standard InChI is InChI=1S/C7H15NO2.ClH/c1-5(2)8(4)6(3)7(9)10;/h5-6H,1-4H3,(H,9,10);1H. The molecule has 0 bridgehead atoms. The Balaban J connectivity index is 0. The zero-order valence-corrected chi connectivity index (χ0v) is 8.18. The molecule has 0 rings (SSSR count). The van der Waals surface area contributed by atoms with Crippen LogP contribution in [-0.4, -0.2) is 35.1 Å². The van der Waals surface area contributed by atoms with Crippen molar-refractivity contribution in [1.82, 2.24) is 4.90 Å². The fourth-order valence-corrected chi connectivity index (χ4v) is 0.621. The first-order valence-corrected chi connectivity index (χ1v) is 3.41. The number of aliphatic carboxylic acids is 1. The van der Waals surface area contributed by atoms with Gasteiger partial charge in [0.15, 0.2) is 0 Å². The Bertz CT molecular complexity index is 128. The number of hydrogen-bond acceptors (Lipinski definition) is 2. The molecule has 4 heteroatoms. The molecule has 68 valence electrons.